The number of hydrogen-bond donors (Lipinski definition) is 4. The van der Waals surface area contributed by atoms with Gasteiger partial charge in [0.05, 0.1) is 16.7 Å². The van der Waals surface area contributed by atoms with Gasteiger partial charge in [-0.15, -0.1) is 0 Å². The van der Waals surface area contributed by atoms with E-state index in [2.05, 4.69) is 16.0 Å². The SMILES string of the molecule is CC(CNCc1cccc2c1C(=O)N(C1CCC(=O)NC1=O)C2=O)C1(O)CCNC1. The van der Waals surface area contributed by atoms with E-state index < -0.39 is 35.3 Å². The van der Waals surface area contributed by atoms with Gasteiger partial charge in [-0.1, -0.05) is 19.1 Å². The maximum Gasteiger partial charge on any atom is 0.262 e. The van der Waals surface area contributed by atoms with Crippen molar-refractivity contribution in [3.8, 4) is 0 Å². The minimum Gasteiger partial charge on any atom is -0.388 e. The first-order valence-corrected chi connectivity index (χ1v) is 10.3. The van der Waals surface area contributed by atoms with Crippen LogP contribution in [-0.2, 0) is 16.1 Å². The van der Waals surface area contributed by atoms with Gasteiger partial charge in [-0.2, -0.15) is 0 Å². The summed E-state index contributed by atoms with van der Waals surface area (Å²) >= 11 is 0. The van der Waals surface area contributed by atoms with Gasteiger partial charge in [0.25, 0.3) is 11.8 Å². The van der Waals surface area contributed by atoms with Crippen LogP contribution in [0.4, 0.5) is 0 Å². The van der Waals surface area contributed by atoms with Crippen LogP contribution < -0.4 is 16.0 Å². The van der Waals surface area contributed by atoms with Gasteiger partial charge in [0.15, 0.2) is 0 Å². The number of hydrogen-bond acceptors (Lipinski definition) is 7. The van der Waals surface area contributed by atoms with Crippen LogP contribution in [0.1, 0.15) is 52.5 Å². The monoisotopic (exact) mass is 414 g/mol. The van der Waals surface area contributed by atoms with Crippen LogP contribution in [0, 0.1) is 5.92 Å². The number of carbonyl (C=O) groups excluding carboxylic acids is 4. The highest BCUT2D eigenvalue weighted by atomic mass is 16.3. The van der Waals surface area contributed by atoms with E-state index in [1.54, 1.807) is 18.2 Å². The highest BCUT2D eigenvalue weighted by molar-refractivity contribution is 6.24. The molecule has 3 aliphatic rings. The molecule has 4 amide bonds. The fraction of sp³-hybridized carbons (Fsp3) is 0.524. The number of amides is 4. The molecule has 160 valence electrons. The summed E-state index contributed by atoms with van der Waals surface area (Å²) < 4.78 is 0. The fourth-order valence-electron chi connectivity index (χ4n) is 4.46. The highest BCUT2D eigenvalue weighted by Gasteiger charge is 2.45. The Labute approximate surface area is 174 Å². The second-order valence-corrected chi connectivity index (χ2v) is 8.35. The Balaban J connectivity index is 1.48. The van der Waals surface area contributed by atoms with E-state index in [-0.39, 0.29) is 24.3 Å². The number of fused-ring (bicyclic) bond motifs is 1. The summed E-state index contributed by atoms with van der Waals surface area (Å²) in [6, 6.07) is 4.11. The maximum absolute atomic E-state index is 13.1. The molecule has 1 aromatic carbocycles. The molecule has 0 radical (unpaired) electrons. The molecular weight excluding hydrogens is 388 g/mol. The molecule has 4 N–H and O–H groups in total. The van der Waals surface area contributed by atoms with Crippen LogP contribution >= 0.6 is 0 Å². The summed E-state index contributed by atoms with van der Waals surface area (Å²) in [6.07, 6.45) is 0.923. The van der Waals surface area contributed by atoms with Crippen molar-refractivity contribution in [2.45, 2.75) is 44.4 Å². The van der Waals surface area contributed by atoms with Crippen molar-refractivity contribution in [3.05, 3.63) is 34.9 Å². The largest absolute Gasteiger partial charge is 0.388 e. The van der Waals surface area contributed by atoms with E-state index in [9.17, 15) is 24.3 Å². The van der Waals surface area contributed by atoms with Gasteiger partial charge >= 0.3 is 0 Å². The van der Waals surface area contributed by atoms with E-state index in [1.807, 2.05) is 6.92 Å². The fourth-order valence-corrected chi connectivity index (χ4v) is 4.46. The predicted octanol–water partition coefficient (Wildman–Crippen LogP) is -0.462. The Kier molecular flexibility index (Phi) is 5.44. The Hall–Kier alpha value is -2.62. The quantitative estimate of drug-likeness (QED) is 0.464. The number of aliphatic hydroxyl groups is 1. The summed E-state index contributed by atoms with van der Waals surface area (Å²) in [6.45, 7) is 4.25. The molecule has 0 aromatic heterocycles. The first-order valence-electron chi connectivity index (χ1n) is 10.3. The van der Waals surface area contributed by atoms with E-state index in [4.69, 9.17) is 0 Å². The smallest absolute Gasteiger partial charge is 0.262 e. The molecule has 9 heteroatoms. The number of imide groups is 2. The number of rotatable bonds is 6. The summed E-state index contributed by atoms with van der Waals surface area (Å²) in [4.78, 5) is 50.5. The molecule has 3 aliphatic heterocycles. The van der Waals surface area contributed by atoms with Crippen molar-refractivity contribution in [2.24, 2.45) is 5.92 Å². The van der Waals surface area contributed by atoms with Gasteiger partial charge in [-0.25, -0.2) is 0 Å². The van der Waals surface area contributed by atoms with Crippen molar-refractivity contribution < 1.29 is 24.3 Å². The number of benzene rings is 1. The zero-order chi connectivity index (χ0) is 21.5. The Morgan fingerprint density at radius 2 is 2.07 bits per heavy atom. The molecule has 3 unspecified atom stereocenters. The molecule has 0 saturated carbocycles. The summed E-state index contributed by atoms with van der Waals surface area (Å²) in [5, 5.41) is 19.3. The number of carbonyl (C=O) groups is 4. The van der Waals surface area contributed by atoms with Crippen LogP contribution in [0.15, 0.2) is 18.2 Å². The molecule has 0 aliphatic carbocycles. The topological polar surface area (TPSA) is 128 Å². The van der Waals surface area contributed by atoms with Gasteiger partial charge in [0, 0.05) is 26.1 Å². The molecule has 2 saturated heterocycles. The summed E-state index contributed by atoms with van der Waals surface area (Å²) in [5.41, 5.74) is 0.494. The lowest BCUT2D eigenvalue weighted by Gasteiger charge is -2.29. The van der Waals surface area contributed by atoms with Crippen LogP contribution in [0.3, 0.4) is 0 Å². The molecule has 0 bridgehead atoms. The molecule has 0 spiro atoms. The molecule has 3 heterocycles. The van der Waals surface area contributed by atoms with Crippen molar-refractivity contribution in [3.63, 3.8) is 0 Å². The van der Waals surface area contributed by atoms with Gasteiger partial charge in [0.1, 0.15) is 6.04 Å². The Bertz CT molecular complexity index is 909. The van der Waals surface area contributed by atoms with Gasteiger partial charge in [0.2, 0.25) is 11.8 Å². The van der Waals surface area contributed by atoms with Crippen molar-refractivity contribution in [2.75, 3.05) is 19.6 Å². The first-order chi connectivity index (χ1) is 14.3. The van der Waals surface area contributed by atoms with E-state index in [0.29, 0.717) is 37.2 Å². The standard InChI is InChI=1S/C21H26N4O5/c1-12(21(30)7-8-22-11-21)9-23-10-13-3-2-4-14-17(13)20(29)25(19(14)28)15-5-6-16(26)24-18(15)27/h2-4,12,15,22-23,30H,5-11H2,1H3,(H,24,26,27). The van der Waals surface area contributed by atoms with Crippen LogP contribution in [0.2, 0.25) is 0 Å². The number of nitrogens with one attached hydrogen (secondary N) is 3. The minimum absolute atomic E-state index is 0.0153. The third kappa shape index (κ3) is 3.53. The highest BCUT2D eigenvalue weighted by Crippen LogP contribution is 2.30. The average Bonchev–Trinajstić information content (AvgIpc) is 3.26. The van der Waals surface area contributed by atoms with Gasteiger partial charge in [-0.3, -0.25) is 29.4 Å². The normalized spacial score (nSPS) is 27.4. The maximum atomic E-state index is 13.1. The third-order valence-electron chi connectivity index (χ3n) is 6.40. The van der Waals surface area contributed by atoms with Crippen molar-refractivity contribution in [1.82, 2.24) is 20.9 Å². The van der Waals surface area contributed by atoms with E-state index in [1.165, 1.54) is 0 Å². The molecule has 3 atom stereocenters. The first kappa shape index (κ1) is 20.6. The van der Waals surface area contributed by atoms with Crippen molar-refractivity contribution in [1.29, 1.82) is 0 Å². The molecular formula is C21H26N4O5. The molecule has 2 fully saturated rings. The van der Waals surface area contributed by atoms with Gasteiger partial charge < -0.3 is 15.7 Å². The van der Waals surface area contributed by atoms with E-state index in [0.717, 1.165) is 11.4 Å². The second kappa shape index (κ2) is 7.90. The molecule has 30 heavy (non-hydrogen) atoms. The lowest BCUT2D eigenvalue weighted by molar-refractivity contribution is -0.136. The van der Waals surface area contributed by atoms with Crippen LogP contribution in [0.25, 0.3) is 0 Å². The molecule has 9 nitrogen and oxygen atoms in total. The molecule has 1 aromatic rings. The predicted molar refractivity (Wildman–Crippen MR) is 106 cm³/mol. The number of β-amino-alcohol motifs (C(OH)–C–C–N with tert-alkyl or cyclic N) is 1. The van der Waals surface area contributed by atoms with E-state index >= 15 is 0 Å². The Morgan fingerprint density at radius 3 is 2.77 bits per heavy atom. The lowest BCUT2D eigenvalue weighted by Crippen LogP contribution is -2.54. The third-order valence-corrected chi connectivity index (χ3v) is 6.40. The van der Waals surface area contributed by atoms with Crippen molar-refractivity contribution >= 4 is 23.6 Å². The lowest BCUT2D eigenvalue weighted by atomic mass is 9.88. The van der Waals surface area contributed by atoms with Crippen LogP contribution in [0.5, 0.6) is 0 Å². The van der Waals surface area contributed by atoms with Crippen LogP contribution in [-0.4, -0.2) is 64.9 Å². The second-order valence-electron chi connectivity index (χ2n) is 8.35. The van der Waals surface area contributed by atoms with Gasteiger partial charge in [-0.05, 0) is 36.9 Å². The number of nitrogens with zero attached hydrogens (tertiary/aromatic N) is 1. The average molecular weight is 414 g/mol. The zero-order valence-electron chi connectivity index (χ0n) is 16.9. The summed E-state index contributed by atoms with van der Waals surface area (Å²) in [5.74, 6) is -2.01. The summed E-state index contributed by atoms with van der Waals surface area (Å²) in [7, 11) is 0. The molecule has 4 rings (SSSR count). The zero-order valence-corrected chi connectivity index (χ0v) is 16.9. The Morgan fingerprint density at radius 1 is 1.27 bits per heavy atom. The minimum atomic E-state index is -0.972. The number of piperidine rings is 1.